The lowest BCUT2D eigenvalue weighted by atomic mass is 9.98. The number of esters is 2. The zero-order valence-electron chi connectivity index (χ0n) is 17.6. The minimum absolute atomic E-state index is 0.00120. The Morgan fingerprint density at radius 2 is 1.79 bits per heavy atom. The average Bonchev–Trinajstić information content (AvgIpc) is 2.65. The Morgan fingerprint density at radius 1 is 1.14 bits per heavy atom. The van der Waals surface area contributed by atoms with E-state index in [0.717, 1.165) is 5.56 Å². The molecule has 0 spiro atoms. The Hall–Kier alpha value is -2.63. The van der Waals surface area contributed by atoms with Crippen LogP contribution in [0, 0.1) is 11.8 Å². The van der Waals surface area contributed by atoms with Gasteiger partial charge < -0.3 is 14.8 Å². The van der Waals surface area contributed by atoms with Gasteiger partial charge in [-0.1, -0.05) is 49.4 Å². The van der Waals surface area contributed by atoms with Crippen LogP contribution in [0.4, 0.5) is 0 Å². The lowest BCUT2D eigenvalue weighted by Crippen LogP contribution is -2.37. The monoisotopic (exact) mass is 401 g/mol. The van der Waals surface area contributed by atoms with E-state index in [2.05, 4.69) is 5.32 Å². The van der Waals surface area contributed by atoms with Crippen molar-refractivity contribution in [3.8, 4) is 0 Å². The molecule has 1 aliphatic heterocycles. The molecule has 3 atom stereocenters. The van der Waals surface area contributed by atoms with Crippen molar-refractivity contribution in [2.75, 3.05) is 6.54 Å². The number of hydrogen-bond acceptors (Lipinski definition) is 5. The number of allylic oxidation sites excluding steroid dienone is 2. The molecule has 6 heteroatoms. The van der Waals surface area contributed by atoms with E-state index in [1.165, 1.54) is 0 Å². The van der Waals surface area contributed by atoms with E-state index in [1.807, 2.05) is 49.4 Å². The van der Waals surface area contributed by atoms with Gasteiger partial charge in [0, 0.05) is 0 Å². The van der Waals surface area contributed by atoms with Crippen LogP contribution in [-0.2, 0) is 23.9 Å². The zero-order chi connectivity index (χ0) is 21.4. The quantitative estimate of drug-likeness (QED) is 0.617. The molecule has 1 N–H and O–H groups in total. The SMILES string of the molecule is C[C@@H]1C/C=C/C[C@@H](CC(=O)OC(C)(C)C)C(=O)NC[C@@H](c2ccccc2)OC1=O. The van der Waals surface area contributed by atoms with Crippen molar-refractivity contribution in [2.45, 2.75) is 58.7 Å². The molecular weight excluding hydrogens is 370 g/mol. The van der Waals surface area contributed by atoms with Crippen molar-refractivity contribution >= 4 is 17.8 Å². The molecule has 1 amide bonds. The number of amides is 1. The third kappa shape index (κ3) is 7.72. The first kappa shape index (κ1) is 22.7. The summed E-state index contributed by atoms with van der Waals surface area (Å²) in [6.07, 6.45) is 4.04. The summed E-state index contributed by atoms with van der Waals surface area (Å²) >= 11 is 0. The molecule has 6 nitrogen and oxygen atoms in total. The van der Waals surface area contributed by atoms with E-state index in [-0.39, 0.29) is 30.8 Å². The highest BCUT2D eigenvalue weighted by Crippen LogP contribution is 2.22. The highest BCUT2D eigenvalue weighted by atomic mass is 16.6. The summed E-state index contributed by atoms with van der Waals surface area (Å²) in [4.78, 5) is 37.4. The molecule has 0 saturated carbocycles. The summed E-state index contributed by atoms with van der Waals surface area (Å²) in [5.74, 6) is -1.80. The van der Waals surface area contributed by atoms with E-state index in [4.69, 9.17) is 9.47 Å². The number of benzene rings is 1. The van der Waals surface area contributed by atoms with Crippen molar-refractivity contribution in [1.82, 2.24) is 5.32 Å². The van der Waals surface area contributed by atoms with Crippen LogP contribution >= 0.6 is 0 Å². The Labute approximate surface area is 172 Å². The number of rotatable bonds is 3. The van der Waals surface area contributed by atoms with Crippen LogP contribution in [-0.4, -0.2) is 30.0 Å². The van der Waals surface area contributed by atoms with E-state index >= 15 is 0 Å². The topological polar surface area (TPSA) is 81.7 Å². The van der Waals surface area contributed by atoms with Crippen molar-refractivity contribution in [3.63, 3.8) is 0 Å². The van der Waals surface area contributed by atoms with E-state index in [9.17, 15) is 14.4 Å². The van der Waals surface area contributed by atoms with Crippen LogP contribution in [0.5, 0.6) is 0 Å². The summed E-state index contributed by atoms with van der Waals surface area (Å²) < 4.78 is 11.0. The van der Waals surface area contributed by atoms with Crippen LogP contribution < -0.4 is 5.32 Å². The summed E-state index contributed by atoms with van der Waals surface area (Å²) in [6.45, 7) is 7.36. The number of nitrogens with one attached hydrogen (secondary N) is 1. The summed E-state index contributed by atoms with van der Waals surface area (Å²) in [6, 6.07) is 9.32. The van der Waals surface area contributed by atoms with Gasteiger partial charge >= 0.3 is 11.9 Å². The molecular formula is C23H31NO5. The molecule has 0 unspecified atom stereocenters. The molecule has 1 heterocycles. The lowest BCUT2D eigenvalue weighted by molar-refractivity contribution is -0.157. The van der Waals surface area contributed by atoms with Crippen LogP contribution in [0.15, 0.2) is 42.5 Å². The van der Waals surface area contributed by atoms with Crippen LogP contribution in [0.3, 0.4) is 0 Å². The molecule has 0 saturated heterocycles. The van der Waals surface area contributed by atoms with Crippen molar-refractivity contribution in [1.29, 1.82) is 0 Å². The minimum atomic E-state index is -0.600. The lowest BCUT2D eigenvalue weighted by Gasteiger charge is -2.24. The molecule has 1 aliphatic rings. The normalized spacial score (nSPS) is 25.0. The molecule has 1 aromatic rings. The number of hydrogen-bond donors (Lipinski definition) is 1. The Bertz CT molecular complexity index is 735. The second-order valence-corrected chi connectivity index (χ2v) is 8.41. The van der Waals surface area contributed by atoms with E-state index in [0.29, 0.717) is 12.8 Å². The average molecular weight is 402 g/mol. The summed E-state index contributed by atoms with van der Waals surface area (Å²) in [7, 11) is 0. The second kappa shape index (κ2) is 10.2. The molecule has 0 aliphatic carbocycles. The standard InChI is InChI=1S/C23H31NO5/c1-16-10-8-9-13-18(14-20(25)29-23(2,3)4)21(26)24-15-19(28-22(16)27)17-11-6-5-7-12-17/h5-9,11-12,16,18-19H,10,13-15H2,1-4H3,(H,24,26)/b9-8+/t16-,18+,19+/m1/s1. The van der Waals surface area contributed by atoms with Gasteiger partial charge in [-0.3, -0.25) is 14.4 Å². The second-order valence-electron chi connectivity index (χ2n) is 8.41. The highest BCUT2D eigenvalue weighted by Gasteiger charge is 2.27. The van der Waals surface area contributed by atoms with Gasteiger partial charge in [0.15, 0.2) is 0 Å². The number of carbonyl (C=O) groups is 3. The Balaban J connectivity index is 2.17. The fourth-order valence-corrected chi connectivity index (χ4v) is 3.01. The van der Waals surface area contributed by atoms with Crippen LogP contribution in [0.25, 0.3) is 0 Å². The van der Waals surface area contributed by atoms with Gasteiger partial charge in [-0.2, -0.15) is 0 Å². The fourth-order valence-electron chi connectivity index (χ4n) is 3.01. The van der Waals surface area contributed by atoms with Gasteiger partial charge in [0.2, 0.25) is 5.91 Å². The van der Waals surface area contributed by atoms with Crippen molar-refractivity contribution in [3.05, 3.63) is 48.0 Å². The summed E-state index contributed by atoms with van der Waals surface area (Å²) in [5.41, 5.74) is 0.209. The first-order valence-electron chi connectivity index (χ1n) is 10.1. The smallest absolute Gasteiger partial charge is 0.309 e. The first-order valence-corrected chi connectivity index (χ1v) is 10.1. The molecule has 0 bridgehead atoms. The van der Waals surface area contributed by atoms with E-state index in [1.54, 1.807) is 20.8 Å². The number of ether oxygens (including phenoxy) is 2. The number of cyclic esters (lactones) is 1. The van der Waals surface area contributed by atoms with Gasteiger partial charge in [-0.25, -0.2) is 0 Å². The molecule has 0 aromatic heterocycles. The summed E-state index contributed by atoms with van der Waals surface area (Å²) in [5, 5.41) is 2.84. The predicted molar refractivity (Wildman–Crippen MR) is 110 cm³/mol. The van der Waals surface area contributed by atoms with Gasteiger partial charge in [0.25, 0.3) is 0 Å². The maximum Gasteiger partial charge on any atom is 0.309 e. The zero-order valence-corrected chi connectivity index (χ0v) is 17.6. The highest BCUT2D eigenvalue weighted by molar-refractivity contribution is 5.84. The Morgan fingerprint density at radius 3 is 2.45 bits per heavy atom. The molecule has 0 fully saturated rings. The Kier molecular flexibility index (Phi) is 8.00. The molecule has 1 aromatic carbocycles. The van der Waals surface area contributed by atoms with Gasteiger partial charge in [-0.05, 0) is 39.2 Å². The fraction of sp³-hybridized carbons (Fsp3) is 0.522. The first-order chi connectivity index (χ1) is 13.7. The number of carbonyl (C=O) groups excluding carboxylic acids is 3. The third-order valence-electron chi connectivity index (χ3n) is 4.57. The molecule has 0 radical (unpaired) electrons. The van der Waals surface area contributed by atoms with E-state index < -0.39 is 23.6 Å². The van der Waals surface area contributed by atoms with Gasteiger partial charge in [0.1, 0.15) is 11.7 Å². The molecule has 2 rings (SSSR count). The molecule has 158 valence electrons. The third-order valence-corrected chi connectivity index (χ3v) is 4.57. The maximum absolute atomic E-state index is 12.8. The van der Waals surface area contributed by atoms with Crippen LogP contribution in [0.1, 0.15) is 58.6 Å². The molecule has 29 heavy (non-hydrogen) atoms. The minimum Gasteiger partial charge on any atom is -0.460 e. The van der Waals surface area contributed by atoms with Crippen molar-refractivity contribution < 1.29 is 23.9 Å². The van der Waals surface area contributed by atoms with Gasteiger partial charge in [0.05, 0.1) is 24.8 Å². The van der Waals surface area contributed by atoms with Gasteiger partial charge in [-0.15, -0.1) is 0 Å². The predicted octanol–water partition coefficient (Wildman–Crippen LogP) is 3.72. The maximum atomic E-state index is 12.8. The van der Waals surface area contributed by atoms with Crippen molar-refractivity contribution in [2.24, 2.45) is 11.8 Å². The van der Waals surface area contributed by atoms with Crippen LogP contribution in [0.2, 0.25) is 0 Å². The largest absolute Gasteiger partial charge is 0.460 e.